The Bertz CT molecular complexity index is 704. The second-order valence-electron chi connectivity index (χ2n) is 5.34. The normalized spacial score (nSPS) is 16.8. The number of carbonyl (C=O) groups is 1. The minimum Gasteiger partial charge on any atom is -0.481 e. The van der Waals surface area contributed by atoms with Gasteiger partial charge in [0, 0.05) is 24.9 Å². The Labute approximate surface area is 134 Å². The van der Waals surface area contributed by atoms with Gasteiger partial charge in [-0.15, -0.1) is 0 Å². The van der Waals surface area contributed by atoms with E-state index in [0.717, 1.165) is 17.7 Å². The average Bonchev–Trinajstić information content (AvgIpc) is 2.59. The molecular formula is C18H18FNO3. The lowest BCUT2D eigenvalue weighted by Gasteiger charge is -2.33. The van der Waals surface area contributed by atoms with Gasteiger partial charge in [-0.25, -0.2) is 4.39 Å². The first-order chi connectivity index (χ1) is 11.2. The number of fused-ring (bicyclic) bond motifs is 1. The molecule has 120 valence electrons. The number of ether oxygens (including phenoxy) is 2. The Balaban J connectivity index is 1.74. The molecule has 0 saturated heterocycles. The van der Waals surface area contributed by atoms with Crippen LogP contribution in [0.2, 0.25) is 0 Å². The first-order valence-electron chi connectivity index (χ1n) is 7.50. The third-order valence-electron chi connectivity index (χ3n) is 3.96. The molecule has 4 nitrogen and oxygen atoms in total. The van der Waals surface area contributed by atoms with Crippen molar-refractivity contribution in [3.05, 3.63) is 59.9 Å². The molecule has 0 saturated carbocycles. The van der Waals surface area contributed by atoms with E-state index >= 15 is 0 Å². The van der Waals surface area contributed by atoms with Crippen LogP contribution >= 0.6 is 0 Å². The molecule has 0 aromatic heterocycles. The maximum Gasteiger partial charge on any atom is 0.264 e. The van der Waals surface area contributed by atoms with Crippen LogP contribution in [0.5, 0.6) is 5.75 Å². The summed E-state index contributed by atoms with van der Waals surface area (Å²) < 4.78 is 24.3. The van der Waals surface area contributed by atoms with Crippen LogP contribution < -0.4 is 9.64 Å². The number of hydrogen-bond acceptors (Lipinski definition) is 3. The molecular weight excluding hydrogens is 297 g/mol. The van der Waals surface area contributed by atoms with Crippen LogP contribution in [-0.4, -0.2) is 26.2 Å². The minimum absolute atomic E-state index is 0.0114. The fourth-order valence-corrected chi connectivity index (χ4v) is 2.81. The van der Waals surface area contributed by atoms with Gasteiger partial charge in [0.2, 0.25) is 0 Å². The van der Waals surface area contributed by atoms with Gasteiger partial charge in [0.05, 0.1) is 6.10 Å². The van der Waals surface area contributed by atoms with Crippen LogP contribution in [0, 0.1) is 5.82 Å². The zero-order valence-electron chi connectivity index (χ0n) is 12.9. The van der Waals surface area contributed by atoms with Crippen LogP contribution in [0.25, 0.3) is 0 Å². The van der Waals surface area contributed by atoms with E-state index in [1.54, 1.807) is 24.1 Å². The van der Waals surface area contributed by atoms with Gasteiger partial charge in [-0.3, -0.25) is 4.79 Å². The number of carbonyl (C=O) groups excluding carboxylic acids is 1. The Hall–Kier alpha value is -2.40. The molecule has 23 heavy (non-hydrogen) atoms. The van der Waals surface area contributed by atoms with Gasteiger partial charge in [-0.2, -0.15) is 0 Å². The molecule has 0 fully saturated rings. The number of amides is 1. The molecule has 1 atom stereocenters. The summed E-state index contributed by atoms with van der Waals surface area (Å²) in [5.41, 5.74) is 1.81. The molecule has 3 rings (SSSR count). The molecule has 1 amide bonds. The summed E-state index contributed by atoms with van der Waals surface area (Å²) in [7, 11) is 1.67. The summed E-state index contributed by atoms with van der Waals surface area (Å²) in [6, 6.07) is 13.7. The van der Waals surface area contributed by atoms with E-state index < -0.39 is 5.82 Å². The van der Waals surface area contributed by atoms with Gasteiger partial charge >= 0.3 is 0 Å². The molecule has 1 aliphatic rings. The summed E-state index contributed by atoms with van der Waals surface area (Å²) in [6.45, 7) is 0.349. The zero-order valence-corrected chi connectivity index (χ0v) is 12.9. The number of benzene rings is 2. The van der Waals surface area contributed by atoms with E-state index in [4.69, 9.17) is 9.47 Å². The summed E-state index contributed by atoms with van der Waals surface area (Å²) >= 11 is 0. The third kappa shape index (κ3) is 3.19. The molecule has 0 aliphatic carbocycles. The van der Waals surface area contributed by atoms with Crippen molar-refractivity contribution in [1.29, 1.82) is 0 Å². The van der Waals surface area contributed by atoms with Crippen molar-refractivity contribution in [3.63, 3.8) is 0 Å². The number of para-hydroxylation sites is 2. The largest absolute Gasteiger partial charge is 0.481 e. The molecule has 0 N–H and O–H groups in total. The maximum atomic E-state index is 13.6. The number of anilines is 1. The second-order valence-corrected chi connectivity index (χ2v) is 5.34. The molecule has 0 bridgehead atoms. The van der Waals surface area contributed by atoms with E-state index in [-0.39, 0.29) is 24.4 Å². The van der Waals surface area contributed by atoms with Crippen molar-refractivity contribution in [2.24, 2.45) is 0 Å². The smallest absolute Gasteiger partial charge is 0.264 e. The van der Waals surface area contributed by atoms with E-state index in [0.29, 0.717) is 6.54 Å². The Morgan fingerprint density at radius 1 is 1.22 bits per heavy atom. The van der Waals surface area contributed by atoms with E-state index in [2.05, 4.69) is 0 Å². The van der Waals surface area contributed by atoms with Gasteiger partial charge in [0.15, 0.2) is 18.2 Å². The van der Waals surface area contributed by atoms with Crippen LogP contribution in [0.4, 0.5) is 10.1 Å². The van der Waals surface area contributed by atoms with Crippen molar-refractivity contribution >= 4 is 11.6 Å². The summed E-state index contributed by atoms with van der Waals surface area (Å²) in [5.74, 6) is -0.588. The Kier molecular flexibility index (Phi) is 4.57. The van der Waals surface area contributed by atoms with Crippen LogP contribution in [-0.2, 0) is 9.53 Å². The second kappa shape index (κ2) is 6.79. The van der Waals surface area contributed by atoms with E-state index in [9.17, 15) is 9.18 Å². The maximum absolute atomic E-state index is 13.6. The monoisotopic (exact) mass is 315 g/mol. The average molecular weight is 315 g/mol. The standard InChI is InChI=1S/C18H18FNO3/c1-22-16-10-11-20(15-8-4-2-6-13(15)16)18(21)12-23-17-9-5-3-7-14(17)19/h2-9,16H,10-12H2,1H3. The van der Waals surface area contributed by atoms with Crippen molar-refractivity contribution in [3.8, 4) is 5.75 Å². The highest BCUT2D eigenvalue weighted by atomic mass is 19.1. The van der Waals surface area contributed by atoms with Crippen LogP contribution in [0.1, 0.15) is 18.1 Å². The third-order valence-corrected chi connectivity index (χ3v) is 3.96. The van der Waals surface area contributed by atoms with Gasteiger partial charge < -0.3 is 14.4 Å². The fraction of sp³-hybridized carbons (Fsp3) is 0.278. The molecule has 2 aromatic rings. The van der Waals surface area contributed by atoms with Crippen LogP contribution in [0.3, 0.4) is 0 Å². The lowest BCUT2D eigenvalue weighted by molar-refractivity contribution is -0.120. The SMILES string of the molecule is COC1CCN(C(=O)COc2ccccc2F)c2ccccc21. The van der Waals surface area contributed by atoms with E-state index in [1.807, 2.05) is 24.3 Å². The predicted octanol–water partition coefficient (Wildman–Crippen LogP) is 3.33. The number of nitrogens with zero attached hydrogens (tertiary/aromatic N) is 1. The highest BCUT2D eigenvalue weighted by molar-refractivity contribution is 5.95. The lowest BCUT2D eigenvalue weighted by Crippen LogP contribution is -2.39. The highest BCUT2D eigenvalue weighted by Gasteiger charge is 2.28. The quantitative estimate of drug-likeness (QED) is 0.869. The van der Waals surface area contributed by atoms with Crippen LogP contribution in [0.15, 0.2) is 48.5 Å². The lowest BCUT2D eigenvalue weighted by atomic mass is 9.98. The number of rotatable bonds is 4. The Morgan fingerprint density at radius 2 is 1.96 bits per heavy atom. The van der Waals surface area contributed by atoms with Crippen molar-refractivity contribution in [2.45, 2.75) is 12.5 Å². The fourth-order valence-electron chi connectivity index (χ4n) is 2.81. The molecule has 5 heteroatoms. The Morgan fingerprint density at radius 3 is 2.74 bits per heavy atom. The molecule has 1 unspecified atom stereocenters. The van der Waals surface area contributed by atoms with E-state index in [1.165, 1.54) is 12.1 Å². The number of methoxy groups -OCH3 is 1. The topological polar surface area (TPSA) is 38.8 Å². The van der Waals surface area contributed by atoms with Crippen molar-refractivity contribution < 1.29 is 18.7 Å². The molecule has 1 aliphatic heterocycles. The van der Waals surface area contributed by atoms with Gasteiger partial charge in [0.1, 0.15) is 0 Å². The molecule has 0 radical (unpaired) electrons. The van der Waals surface area contributed by atoms with Gasteiger partial charge in [-0.1, -0.05) is 30.3 Å². The number of hydrogen-bond donors (Lipinski definition) is 0. The molecule has 2 aromatic carbocycles. The van der Waals surface area contributed by atoms with Gasteiger partial charge in [0.25, 0.3) is 5.91 Å². The zero-order chi connectivity index (χ0) is 16.2. The predicted molar refractivity (Wildman–Crippen MR) is 85.1 cm³/mol. The van der Waals surface area contributed by atoms with Crippen molar-refractivity contribution in [1.82, 2.24) is 0 Å². The first kappa shape index (κ1) is 15.5. The summed E-state index contributed by atoms with van der Waals surface area (Å²) in [4.78, 5) is 14.2. The minimum atomic E-state index is -0.473. The summed E-state index contributed by atoms with van der Waals surface area (Å²) in [5, 5.41) is 0. The summed E-state index contributed by atoms with van der Waals surface area (Å²) in [6.07, 6.45) is 0.710. The molecule has 0 spiro atoms. The van der Waals surface area contributed by atoms with Crippen molar-refractivity contribution in [2.75, 3.05) is 25.2 Å². The number of halogens is 1. The highest BCUT2D eigenvalue weighted by Crippen LogP contribution is 2.35. The molecule has 1 heterocycles. The first-order valence-corrected chi connectivity index (χ1v) is 7.50. The van der Waals surface area contributed by atoms with Gasteiger partial charge in [-0.05, 0) is 24.6 Å².